The van der Waals surface area contributed by atoms with Crippen LogP contribution >= 0.6 is 44.5 Å². The summed E-state index contributed by atoms with van der Waals surface area (Å²) >= 11 is 11.9. The minimum atomic E-state index is -0.524. The Hall–Kier alpha value is -1.73. The van der Waals surface area contributed by atoms with Crippen LogP contribution < -0.4 is 9.64 Å². The molecule has 0 bridgehead atoms. The predicted octanol–water partition coefficient (Wildman–Crippen LogP) is 7.15. The van der Waals surface area contributed by atoms with E-state index in [0.29, 0.717) is 17.2 Å². The second kappa shape index (κ2) is 7.26. The van der Waals surface area contributed by atoms with Gasteiger partial charge in [0, 0.05) is 21.7 Å². The molecule has 0 spiro atoms. The molecular weight excluding hydrogens is 430 g/mol. The summed E-state index contributed by atoms with van der Waals surface area (Å²) in [6.07, 6.45) is 0. The van der Waals surface area contributed by atoms with Crippen molar-refractivity contribution in [3.8, 4) is 16.9 Å². The Kier molecular flexibility index (Phi) is 5.08. The molecule has 4 rings (SSSR count). The second-order valence-corrected chi connectivity index (χ2v) is 10.2. The number of carbonyl (C=O) groups excluding carboxylic acids is 1. The van der Waals surface area contributed by atoms with Gasteiger partial charge in [-0.05, 0) is 63.2 Å². The molecule has 0 N–H and O–H groups in total. The summed E-state index contributed by atoms with van der Waals surface area (Å²) in [4.78, 5) is 16.5. The van der Waals surface area contributed by atoms with Crippen molar-refractivity contribution in [2.75, 3.05) is 11.5 Å². The SMILES string of the molecule is CCOc1ccc(C(=O)N2c3ccc(Cl)cc3-c3c(ssc3=S)C2(C)C)cc1. The van der Waals surface area contributed by atoms with Crippen LogP contribution in [0.4, 0.5) is 5.69 Å². The number of halogens is 1. The van der Waals surface area contributed by atoms with Gasteiger partial charge in [0.05, 0.1) is 22.7 Å². The number of benzene rings is 2. The van der Waals surface area contributed by atoms with Crippen LogP contribution in [-0.2, 0) is 5.54 Å². The van der Waals surface area contributed by atoms with Crippen LogP contribution in [0.15, 0.2) is 42.5 Å². The van der Waals surface area contributed by atoms with Crippen LogP contribution in [0.2, 0.25) is 5.02 Å². The van der Waals surface area contributed by atoms with Gasteiger partial charge in [0.1, 0.15) is 9.57 Å². The quantitative estimate of drug-likeness (QED) is 0.315. The Morgan fingerprint density at radius 2 is 1.89 bits per heavy atom. The van der Waals surface area contributed by atoms with E-state index in [2.05, 4.69) is 13.8 Å². The van der Waals surface area contributed by atoms with Crippen molar-refractivity contribution in [1.82, 2.24) is 0 Å². The number of amides is 1. The maximum absolute atomic E-state index is 13.6. The van der Waals surface area contributed by atoms with Crippen LogP contribution in [-0.4, -0.2) is 12.5 Å². The molecule has 7 heteroatoms. The molecule has 1 aliphatic rings. The predicted molar refractivity (Wildman–Crippen MR) is 121 cm³/mol. The van der Waals surface area contributed by atoms with E-state index in [1.54, 1.807) is 20.7 Å². The lowest BCUT2D eigenvalue weighted by atomic mass is 9.87. The summed E-state index contributed by atoms with van der Waals surface area (Å²) in [6.45, 7) is 6.65. The van der Waals surface area contributed by atoms with Crippen molar-refractivity contribution in [3.63, 3.8) is 0 Å². The molecule has 1 amide bonds. The zero-order valence-corrected chi connectivity index (χ0v) is 18.8. The van der Waals surface area contributed by atoms with Crippen LogP contribution in [0.1, 0.15) is 36.0 Å². The highest BCUT2D eigenvalue weighted by Gasteiger charge is 2.43. The molecule has 1 aromatic heterocycles. The van der Waals surface area contributed by atoms with E-state index in [1.807, 2.05) is 54.3 Å². The third-order valence-electron chi connectivity index (χ3n) is 4.83. The van der Waals surface area contributed by atoms with Gasteiger partial charge in [0.2, 0.25) is 0 Å². The number of ether oxygens (including phenoxy) is 1. The molecule has 1 aliphatic heterocycles. The van der Waals surface area contributed by atoms with Gasteiger partial charge in [-0.1, -0.05) is 44.5 Å². The van der Waals surface area contributed by atoms with Crippen LogP contribution in [0.5, 0.6) is 5.75 Å². The van der Waals surface area contributed by atoms with Gasteiger partial charge in [-0.25, -0.2) is 0 Å². The summed E-state index contributed by atoms with van der Waals surface area (Å²) in [5.41, 5.74) is 2.87. The molecule has 2 heterocycles. The summed E-state index contributed by atoms with van der Waals surface area (Å²) < 4.78 is 6.34. The van der Waals surface area contributed by atoms with Crippen molar-refractivity contribution in [1.29, 1.82) is 0 Å². The third kappa shape index (κ3) is 3.08. The van der Waals surface area contributed by atoms with Crippen molar-refractivity contribution < 1.29 is 9.53 Å². The van der Waals surface area contributed by atoms with Gasteiger partial charge in [0.15, 0.2) is 0 Å². The first kappa shape index (κ1) is 19.6. The van der Waals surface area contributed by atoms with Gasteiger partial charge in [-0.2, -0.15) is 0 Å². The van der Waals surface area contributed by atoms with E-state index >= 15 is 0 Å². The average Bonchev–Trinajstić information content (AvgIpc) is 3.06. The van der Waals surface area contributed by atoms with Gasteiger partial charge >= 0.3 is 0 Å². The van der Waals surface area contributed by atoms with Gasteiger partial charge in [0.25, 0.3) is 5.91 Å². The number of hydrogen-bond donors (Lipinski definition) is 0. The average molecular weight is 448 g/mol. The highest BCUT2D eigenvalue weighted by atomic mass is 35.5. The van der Waals surface area contributed by atoms with Crippen LogP contribution in [0, 0.1) is 3.82 Å². The zero-order chi connectivity index (χ0) is 20.1. The van der Waals surface area contributed by atoms with Crippen LogP contribution in [0.3, 0.4) is 0 Å². The molecule has 0 saturated carbocycles. The summed E-state index contributed by atoms with van der Waals surface area (Å²) in [5.74, 6) is 0.689. The van der Waals surface area contributed by atoms with Crippen molar-refractivity contribution in [2.24, 2.45) is 0 Å². The maximum Gasteiger partial charge on any atom is 0.259 e. The monoisotopic (exact) mass is 447 g/mol. The first-order chi connectivity index (χ1) is 13.3. The summed E-state index contributed by atoms with van der Waals surface area (Å²) in [7, 11) is 3.20. The summed E-state index contributed by atoms with van der Waals surface area (Å²) in [6, 6.07) is 12.9. The Bertz CT molecular complexity index is 1120. The fourth-order valence-corrected chi connectivity index (χ4v) is 7.01. The molecule has 0 atom stereocenters. The summed E-state index contributed by atoms with van der Waals surface area (Å²) in [5, 5.41) is 0.628. The van der Waals surface area contributed by atoms with E-state index in [9.17, 15) is 4.79 Å². The molecule has 0 saturated heterocycles. The fourth-order valence-electron chi connectivity index (χ4n) is 3.55. The Labute approximate surface area is 181 Å². The van der Waals surface area contributed by atoms with Gasteiger partial charge < -0.3 is 4.74 Å². The molecule has 2 aromatic carbocycles. The molecule has 3 nitrogen and oxygen atoms in total. The maximum atomic E-state index is 13.6. The smallest absolute Gasteiger partial charge is 0.259 e. The lowest BCUT2D eigenvalue weighted by Gasteiger charge is -2.43. The molecule has 0 radical (unpaired) electrons. The molecule has 3 aromatic rings. The Balaban J connectivity index is 1.87. The van der Waals surface area contributed by atoms with E-state index < -0.39 is 5.54 Å². The molecule has 144 valence electrons. The molecule has 0 fully saturated rings. The lowest BCUT2D eigenvalue weighted by molar-refractivity contribution is 0.0961. The first-order valence-corrected chi connectivity index (χ1v) is 11.8. The largest absolute Gasteiger partial charge is 0.494 e. The number of carbonyl (C=O) groups is 1. The molecule has 0 unspecified atom stereocenters. The third-order valence-corrected chi connectivity index (χ3v) is 8.40. The number of fused-ring (bicyclic) bond motifs is 3. The highest BCUT2D eigenvalue weighted by molar-refractivity contribution is 7.80. The first-order valence-electron chi connectivity index (χ1n) is 8.85. The van der Waals surface area contributed by atoms with E-state index in [1.165, 1.54) is 0 Å². The fraction of sp³-hybridized carbons (Fsp3) is 0.238. The van der Waals surface area contributed by atoms with E-state index in [-0.39, 0.29) is 5.91 Å². The molecule has 28 heavy (non-hydrogen) atoms. The number of hydrogen-bond acceptors (Lipinski definition) is 5. The van der Waals surface area contributed by atoms with Crippen molar-refractivity contribution in [2.45, 2.75) is 26.3 Å². The molecule has 0 aliphatic carbocycles. The number of nitrogens with zero attached hydrogens (tertiary/aromatic N) is 1. The van der Waals surface area contributed by atoms with E-state index in [0.717, 1.165) is 31.3 Å². The Morgan fingerprint density at radius 3 is 2.57 bits per heavy atom. The number of rotatable bonds is 3. The van der Waals surface area contributed by atoms with Crippen LogP contribution in [0.25, 0.3) is 11.1 Å². The lowest BCUT2D eigenvalue weighted by Crippen LogP contribution is -2.47. The topological polar surface area (TPSA) is 29.5 Å². The number of anilines is 1. The minimum Gasteiger partial charge on any atom is -0.494 e. The van der Waals surface area contributed by atoms with E-state index in [4.69, 9.17) is 28.6 Å². The normalized spacial score (nSPS) is 14.4. The van der Waals surface area contributed by atoms with Gasteiger partial charge in [-0.15, -0.1) is 0 Å². The van der Waals surface area contributed by atoms with Crippen molar-refractivity contribution in [3.05, 3.63) is 61.8 Å². The van der Waals surface area contributed by atoms with Crippen molar-refractivity contribution >= 4 is 56.1 Å². The standard InChI is InChI=1S/C21H18ClNO2S3/c1-4-25-14-8-5-12(6-9-14)19(24)23-16-10-7-13(22)11-15(16)17-18(21(23,2)3)27-28-20(17)26/h5-11H,4H2,1-3H3. The second-order valence-electron chi connectivity index (χ2n) is 6.98. The highest BCUT2D eigenvalue weighted by Crippen LogP contribution is 2.52. The Morgan fingerprint density at radius 1 is 1.18 bits per heavy atom. The molecular formula is C21H18ClNO2S3. The van der Waals surface area contributed by atoms with Gasteiger partial charge in [-0.3, -0.25) is 9.69 Å². The minimum absolute atomic E-state index is 0.0633. The zero-order valence-electron chi connectivity index (χ0n) is 15.6.